The van der Waals surface area contributed by atoms with E-state index >= 15 is 0 Å². The summed E-state index contributed by atoms with van der Waals surface area (Å²) in [5, 5.41) is 5.26. The lowest BCUT2D eigenvalue weighted by Gasteiger charge is -2.10. The molecule has 0 atom stereocenters. The summed E-state index contributed by atoms with van der Waals surface area (Å²) in [6, 6.07) is 13.1. The van der Waals surface area contributed by atoms with Crippen molar-refractivity contribution in [2.24, 2.45) is 0 Å². The molecule has 0 fully saturated rings. The van der Waals surface area contributed by atoms with E-state index in [9.17, 15) is 22.8 Å². The van der Waals surface area contributed by atoms with Crippen molar-refractivity contribution in [3.05, 3.63) is 65.2 Å². The van der Waals surface area contributed by atoms with Gasteiger partial charge in [-0.1, -0.05) is 30.3 Å². The molecular weight excluding hydrogens is 389 g/mol. The number of rotatable bonds is 8. The number of halogens is 3. The highest BCUT2D eigenvalue weighted by molar-refractivity contribution is 5.96. The SMILES string of the molecule is CCOC(=O)Nc1cccc(C(=O)NCc2ccc(COCC(F)(F)F)cc2)c1. The van der Waals surface area contributed by atoms with Crippen molar-refractivity contribution >= 4 is 17.7 Å². The van der Waals surface area contributed by atoms with Gasteiger partial charge in [-0.2, -0.15) is 13.2 Å². The Morgan fingerprint density at radius 1 is 1.03 bits per heavy atom. The molecule has 0 aliphatic heterocycles. The highest BCUT2D eigenvalue weighted by Gasteiger charge is 2.27. The van der Waals surface area contributed by atoms with E-state index in [-0.39, 0.29) is 25.7 Å². The third-order valence-corrected chi connectivity index (χ3v) is 3.66. The minimum Gasteiger partial charge on any atom is -0.450 e. The zero-order chi connectivity index (χ0) is 21.3. The molecule has 0 bridgehead atoms. The lowest BCUT2D eigenvalue weighted by Crippen LogP contribution is -2.23. The van der Waals surface area contributed by atoms with Crippen molar-refractivity contribution in [2.75, 3.05) is 18.5 Å². The summed E-state index contributed by atoms with van der Waals surface area (Å²) in [7, 11) is 0. The first kappa shape index (κ1) is 22.2. The summed E-state index contributed by atoms with van der Waals surface area (Å²) in [6.45, 7) is 0.712. The number of nitrogens with one attached hydrogen (secondary N) is 2. The van der Waals surface area contributed by atoms with Gasteiger partial charge in [-0.05, 0) is 36.2 Å². The fraction of sp³-hybridized carbons (Fsp3) is 0.300. The first-order valence-corrected chi connectivity index (χ1v) is 8.81. The second-order valence-corrected chi connectivity index (χ2v) is 6.03. The van der Waals surface area contributed by atoms with E-state index in [0.29, 0.717) is 16.8 Å². The molecule has 2 aromatic rings. The molecule has 0 spiro atoms. The molecule has 6 nitrogen and oxygen atoms in total. The molecule has 29 heavy (non-hydrogen) atoms. The maximum absolute atomic E-state index is 12.3. The Balaban J connectivity index is 1.85. The Morgan fingerprint density at radius 3 is 2.38 bits per heavy atom. The van der Waals surface area contributed by atoms with Gasteiger partial charge in [0.2, 0.25) is 0 Å². The van der Waals surface area contributed by atoms with Crippen LogP contribution in [0.2, 0.25) is 0 Å². The Hall–Kier alpha value is -3.07. The van der Waals surface area contributed by atoms with Gasteiger partial charge in [0.15, 0.2) is 0 Å². The summed E-state index contributed by atoms with van der Waals surface area (Å²) < 4.78 is 45.6. The van der Waals surface area contributed by atoms with Crippen LogP contribution in [0.25, 0.3) is 0 Å². The molecule has 0 unspecified atom stereocenters. The standard InChI is InChI=1S/C20H21F3N2O4/c1-2-29-19(27)25-17-5-3-4-16(10-17)18(26)24-11-14-6-8-15(9-7-14)12-28-13-20(21,22)23/h3-10H,2,11-13H2,1H3,(H,24,26)(H,25,27). The molecule has 0 heterocycles. The molecular formula is C20H21F3N2O4. The van der Waals surface area contributed by atoms with Gasteiger partial charge in [0.25, 0.3) is 5.91 Å². The summed E-state index contributed by atoms with van der Waals surface area (Å²) in [4.78, 5) is 23.8. The van der Waals surface area contributed by atoms with Crippen LogP contribution in [0.4, 0.5) is 23.7 Å². The molecule has 0 aromatic heterocycles. The van der Waals surface area contributed by atoms with Gasteiger partial charge in [-0.3, -0.25) is 10.1 Å². The molecule has 2 rings (SSSR count). The number of carbonyl (C=O) groups is 2. The van der Waals surface area contributed by atoms with E-state index in [4.69, 9.17) is 4.74 Å². The van der Waals surface area contributed by atoms with Crippen LogP contribution < -0.4 is 10.6 Å². The maximum Gasteiger partial charge on any atom is 0.411 e. The summed E-state index contributed by atoms with van der Waals surface area (Å²) >= 11 is 0. The van der Waals surface area contributed by atoms with E-state index in [0.717, 1.165) is 5.56 Å². The third-order valence-electron chi connectivity index (χ3n) is 3.66. The minimum atomic E-state index is -4.35. The number of hydrogen-bond donors (Lipinski definition) is 2. The van der Waals surface area contributed by atoms with Crippen molar-refractivity contribution < 1.29 is 32.2 Å². The van der Waals surface area contributed by atoms with Gasteiger partial charge in [0, 0.05) is 17.8 Å². The number of benzene rings is 2. The molecule has 2 amide bonds. The van der Waals surface area contributed by atoms with Gasteiger partial charge in [0.1, 0.15) is 6.61 Å². The lowest BCUT2D eigenvalue weighted by atomic mass is 10.1. The maximum atomic E-state index is 12.3. The van der Waals surface area contributed by atoms with E-state index in [1.54, 1.807) is 49.4 Å². The highest BCUT2D eigenvalue weighted by Crippen LogP contribution is 2.16. The topological polar surface area (TPSA) is 76.7 Å². The van der Waals surface area contributed by atoms with Crippen LogP contribution in [0.1, 0.15) is 28.4 Å². The highest BCUT2D eigenvalue weighted by atomic mass is 19.4. The van der Waals surface area contributed by atoms with E-state index in [1.807, 2.05) is 0 Å². The van der Waals surface area contributed by atoms with Gasteiger partial charge < -0.3 is 14.8 Å². The number of hydrogen-bond acceptors (Lipinski definition) is 4. The Kier molecular flexibility index (Phi) is 8.02. The second kappa shape index (κ2) is 10.5. The van der Waals surface area contributed by atoms with E-state index < -0.39 is 18.9 Å². The average Bonchev–Trinajstić information content (AvgIpc) is 2.66. The largest absolute Gasteiger partial charge is 0.450 e. The number of amides is 2. The fourth-order valence-electron chi connectivity index (χ4n) is 2.35. The van der Waals surface area contributed by atoms with Gasteiger partial charge in [-0.25, -0.2) is 4.79 Å². The minimum absolute atomic E-state index is 0.146. The number of alkyl halides is 3. The molecule has 0 aliphatic rings. The quantitative estimate of drug-likeness (QED) is 0.682. The molecule has 2 aromatic carbocycles. The first-order valence-electron chi connectivity index (χ1n) is 8.81. The monoisotopic (exact) mass is 410 g/mol. The molecule has 0 radical (unpaired) electrons. The van der Waals surface area contributed by atoms with Crippen LogP contribution in [-0.4, -0.2) is 31.4 Å². The van der Waals surface area contributed by atoms with Gasteiger partial charge in [0.05, 0.1) is 13.2 Å². The molecule has 0 saturated heterocycles. The van der Waals surface area contributed by atoms with Crippen LogP contribution in [0.15, 0.2) is 48.5 Å². The zero-order valence-corrected chi connectivity index (χ0v) is 15.7. The Morgan fingerprint density at radius 2 is 1.72 bits per heavy atom. The van der Waals surface area contributed by atoms with Crippen LogP contribution >= 0.6 is 0 Å². The first-order chi connectivity index (χ1) is 13.8. The molecule has 156 valence electrons. The Bertz CT molecular complexity index is 823. The average molecular weight is 410 g/mol. The predicted molar refractivity (Wildman–Crippen MR) is 100 cm³/mol. The van der Waals surface area contributed by atoms with Crippen molar-refractivity contribution in [3.63, 3.8) is 0 Å². The lowest BCUT2D eigenvalue weighted by molar-refractivity contribution is -0.176. The molecule has 2 N–H and O–H groups in total. The predicted octanol–water partition coefficient (Wildman–Crippen LogP) is 4.26. The number of carbonyl (C=O) groups excluding carboxylic acids is 2. The summed E-state index contributed by atoms with van der Waals surface area (Å²) in [6.07, 6.45) is -4.96. The van der Waals surface area contributed by atoms with Crippen LogP contribution in [-0.2, 0) is 22.6 Å². The Labute approximate surface area is 166 Å². The van der Waals surface area contributed by atoms with Crippen molar-refractivity contribution in [1.82, 2.24) is 5.32 Å². The zero-order valence-electron chi connectivity index (χ0n) is 15.7. The summed E-state index contributed by atoms with van der Waals surface area (Å²) in [5.74, 6) is -0.338. The van der Waals surface area contributed by atoms with Gasteiger partial charge in [-0.15, -0.1) is 0 Å². The van der Waals surface area contributed by atoms with E-state index in [1.165, 1.54) is 6.07 Å². The fourth-order valence-corrected chi connectivity index (χ4v) is 2.35. The normalized spacial score (nSPS) is 11.0. The molecule has 0 aliphatic carbocycles. The van der Waals surface area contributed by atoms with Crippen LogP contribution in [0.5, 0.6) is 0 Å². The number of anilines is 1. The second-order valence-electron chi connectivity index (χ2n) is 6.03. The third kappa shape index (κ3) is 8.22. The molecule has 9 heteroatoms. The smallest absolute Gasteiger partial charge is 0.411 e. The van der Waals surface area contributed by atoms with Crippen molar-refractivity contribution in [1.29, 1.82) is 0 Å². The van der Waals surface area contributed by atoms with E-state index in [2.05, 4.69) is 15.4 Å². The van der Waals surface area contributed by atoms with Crippen molar-refractivity contribution in [2.45, 2.75) is 26.3 Å². The summed E-state index contributed by atoms with van der Waals surface area (Å²) in [5.41, 5.74) is 2.16. The number of ether oxygens (including phenoxy) is 2. The van der Waals surface area contributed by atoms with Gasteiger partial charge >= 0.3 is 12.3 Å². The molecule has 0 saturated carbocycles. The van der Waals surface area contributed by atoms with Crippen molar-refractivity contribution in [3.8, 4) is 0 Å². The van der Waals surface area contributed by atoms with Crippen LogP contribution in [0.3, 0.4) is 0 Å². The van der Waals surface area contributed by atoms with Crippen LogP contribution in [0, 0.1) is 0 Å².